The number of anilines is 1. The molecule has 0 radical (unpaired) electrons. The van der Waals surface area contributed by atoms with Crippen LogP contribution in [0.1, 0.15) is 16.1 Å². The number of carbonyl (C=O) groups is 2. The van der Waals surface area contributed by atoms with Crippen LogP contribution >= 0.6 is 11.6 Å². The SMILES string of the molecule is CN(Cc1ccco1)C(=O)Nc1ccc(C(=O)O)c(Cl)c1. The Morgan fingerprint density at radius 1 is 1.38 bits per heavy atom. The normalized spacial score (nSPS) is 10.2. The smallest absolute Gasteiger partial charge is 0.337 e. The maximum atomic E-state index is 12.0. The molecule has 1 aromatic heterocycles. The Bertz CT molecular complexity index is 655. The van der Waals surface area contributed by atoms with E-state index < -0.39 is 5.97 Å². The first-order chi connectivity index (χ1) is 9.97. The zero-order valence-electron chi connectivity index (χ0n) is 11.2. The molecule has 0 fully saturated rings. The molecule has 0 atom stereocenters. The van der Waals surface area contributed by atoms with Gasteiger partial charge < -0.3 is 19.7 Å². The Morgan fingerprint density at radius 3 is 2.71 bits per heavy atom. The average molecular weight is 309 g/mol. The number of rotatable bonds is 4. The van der Waals surface area contributed by atoms with Crippen LogP contribution in [0.2, 0.25) is 5.02 Å². The lowest BCUT2D eigenvalue weighted by molar-refractivity contribution is 0.0697. The molecular formula is C14H13ClN2O4. The zero-order chi connectivity index (χ0) is 15.4. The summed E-state index contributed by atoms with van der Waals surface area (Å²) in [6, 6.07) is 7.36. The van der Waals surface area contributed by atoms with Crippen LogP contribution in [0.15, 0.2) is 41.0 Å². The van der Waals surface area contributed by atoms with Gasteiger partial charge in [0.25, 0.3) is 0 Å². The van der Waals surface area contributed by atoms with Crippen molar-refractivity contribution in [2.24, 2.45) is 0 Å². The predicted molar refractivity (Wildman–Crippen MR) is 77.6 cm³/mol. The predicted octanol–water partition coefficient (Wildman–Crippen LogP) is 3.30. The van der Waals surface area contributed by atoms with Gasteiger partial charge in [-0.3, -0.25) is 0 Å². The molecule has 7 heteroatoms. The molecular weight excluding hydrogens is 296 g/mol. The highest BCUT2D eigenvalue weighted by Crippen LogP contribution is 2.21. The van der Waals surface area contributed by atoms with E-state index in [1.807, 2.05) is 0 Å². The fourth-order valence-corrected chi connectivity index (χ4v) is 1.95. The summed E-state index contributed by atoms with van der Waals surface area (Å²) in [6.45, 7) is 0.319. The van der Waals surface area contributed by atoms with Gasteiger partial charge in [-0.05, 0) is 30.3 Å². The number of carboxylic acid groups (broad SMARTS) is 1. The van der Waals surface area contributed by atoms with Crippen molar-refractivity contribution < 1.29 is 19.1 Å². The molecule has 1 heterocycles. The largest absolute Gasteiger partial charge is 0.478 e. The lowest BCUT2D eigenvalue weighted by Gasteiger charge is -2.17. The number of aromatic carboxylic acids is 1. The van der Waals surface area contributed by atoms with Crippen molar-refractivity contribution in [3.05, 3.63) is 52.9 Å². The van der Waals surface area contributed by atoms with Crippen LogP contribution in [0.5, 0.6) is 0 Å². The van der Waals surface area contributed by atoms with Crippen molar-refractivity contribution in [1.82, 2.24) is 4.90 Å². The van der Waals surface area contributed by atoms with Gasteiger partial charge in [0.1, 0.15) is 5.76 Å². The van der Waals surface area contributed by atoms with E-state index in [0.29, 0.717) is 18.0 Å². The summed E-state index contributed by atoms with van der Waals surface area (Å²) in [6.07, 6.45) is 1.53. The Morgan fingerprint density at radius 2 is 2.14 bits per heavy atom. The minimum atomic E-state index is -1.12. The topological polar surface area (TPSA) is 82.8 Å². The summed E-state index contributed by atoms with van der Waals surface area (Å²) >= 11 is 5.84. The molecule has 2 aromatic rings. The van der Waals surface area contributed by atoms with E-state index in [9.17, 15) is 9.59 Å². The molecule has 110 valence electrons. The fourth-order valence-electron chi connectivity index (χ4n) is 1.69. The van der Waals surface area contributed by atoms with Gasteiger partial charge in [0.15, 0.2) is 0 Å². The number of halogens is 1. The van der Waals surface area contributed by atoms with Gasteiger partial charge in [0.2, 0.25) is 0 Å². The number of carbonyl (C=O) groups excluding carboxylic acids is 1. The molecule has 0 unspecified atom stereocenters. The molecule has 21 heavy (non-hydrogen) atoms. The quantitative estimate of drug-likeness (QED) is 0.908. The molecule has 1 aromatic carbocycles. The van der Waals surface area contributed by atoms with Crippen LogP contribution in [0.25, 0.3) is 0 Å². The Labute approximate surface area is 125 Å². The van der Waals surface area contributed by atoms with E-state index in [1.165, 1.54) is 29.4 Å². The molecule has 0 bridgehead atoms. The van der Waals surface area contributed by atoms with Crippen molar-refractivity contribution in [1.29, 1.82) is 0 Å². The molecule has 2 N–H and O–H groups in total. The standard InChI is InChI=1S/C14H13ClN2O4/c1-17(8-10-3-2-6-21-10)14(20)16-9-4-5-11(13(18)19)12(15)7-9/h2-7H,8H2,1H3,(H,16,20)(H,18,19). The first-order valence-corrected chi connectivity index (χ1v) is 6.42. The van der Waals surface area contributed by atoms with Crippen LogP contribution in [0.3, 0.4) is 0 Å². The second-order valence-electron chi connectivity index (χ2n) is 4.37. The molecule has 6 nitrogen and oxygen atoms in total. The number of carboxylic acids is 1. The second-order valence-corrected chi connectivity index (χ2v) is 4.77. The fraction of sp³-hybridized carbons (Fsp3) is 0.143. The summed E-state index contributed by atoms with van der Waals surface area (Å²) < 4.78 is 5.16. The number of nitrogens with one attached hydrogen (secondary N) is 1. The number of hydrogen-bond donors (Lipinski definition) is 2. The number of furan rings is 1. The lowest BCUT2D eigenvalue weighted by Crippen LogP contribution is -2.30. The van der Waals surface area contributed by atoms with E-state index in [1.54, 1.807) is 19.2 Å². The highest BCUT2D eigenvalue weighted by molar-refractivity contribution is 6.33. The van der Waals surface area contributed by atoms with Gasteiger partial charge in [-0.25, -0.2) is 9.59 Å². The third-order valence-corrected chi connectivity index (χ3v) is 3.08. The van der Waals surface area contributed by atoms with Gasteiger partial charge in [-0.2, -0.15) is 0 Å². The third kappa shape index (κ3) is 3.76. The third-order valence-electron chi connectivity index (χ3n) is 2.77. The first-order valence-electron chi connectivity index (χ1n) is 6.04. The minimum Gasteiger partial charge on any atom is -0.478 e. The Hall–Kier alpha value is -2.47. The maximum absolute atomic E-state index is 12.0. The summed E-state index contributed by atoms with van der Waals surface area (Å²) in [7, 11) is 1.62. The van der Waals surface area contributed by atoms with E-state index in [0.717, 1.165) is 0 Å². The van der Waals surface area contributed by atoms with Gasteiger partial charge >= 0.3 is 12.0 Å². The molecule has 0 aliphatic rings. The molecule has 0 aliphatic heterocycles. The lowest BCUT2D eigenvalue weighted by atomic mass is 10.2. The van der Waals surface area contributed by atoms with Gasteiger partial charge in [0.05, 0.1) is 23.4 Å². The Kier molecular flexibility index (Phi) is 4.49. The van der Waals surface area contributed by atoms with Crippen molar-refractivity contribution in [2.75, 3.05) is 12.4 Å². The van der Waals surface area contributed by atoms with E-state index in [-0.39, 0.29) is 16.6 Å². The van der Waals surface area contributed by atoms with Crippen LogP contribution in [-0.4, -0.2) is 29.1 Å². The van der Waals surface area contributed by atoms with Crippen LogP contribution < -0.4 is 5.32 Å². The highest BCUT2D eigenvalue weighted by atomic mass is 35.5. The van der Waals surface area contributed by atoms with Gasteiger partial charge in [0, 0.05) is 12.7 Å². The van der Waals surface area contributed by atoms with Crippen LogP contribution in [0, 0.1) is 0 Å². The molecule has 0 aliphatic carbocycles. The summed E-state index contributed by atoms with van der Waals surface area (Å²) in [5.74, 6) is -0.459. The minimum absolute atomic E-state index is 0.0152. The van der Waals surface area contributed by atoms with Gasteiger partial charge in [-0.1, -0.05) is 11.6 Å². The number of amides is 2. The molecule has 0 saturated heterocycles. The van der Waals surface area contributed by atoms with E-state index >= 15 is 0 Å². The van der Waals surface area contributed by atoms with Gasteiger partial charge in [-0.15, -0.1) is 0 Å². The summed E-state index contributed by atoms with van der Waals surface area (Å²) in [5.41, 5.74) is 0.403. The van der Waals surface area contributed by atoms with Crippen LogP contribution in [0.4, 0.5) is 10.5 Å². The molecule has 0 spiro atoms. The molecule has 2 rings (SSSR count). The van der Waals surface area contributed by atoms with Crippen LogP contribution in [-0.2, 0) is 6.54 Å². The van der Waals surface area contributed by atoms with Crippen molar-refractivity contribution in [3.63, 3.8) is 0 Å². The summed E-state index contributed by atoms with van der Waals surface area (Å²) in [5, 5.41) is 11.6. The number of benzene rings is 1. The Balaban J connectivity index is 2.02. The monoisotopic (exact) mass is 308 g/mol. The summed E-state index contributed by atoms with van der Waals surface area (Å²) in [4.78, 5) is 24.3. The number of urea groups is 1. The zero-order valence-corrected chi connectivity index (χ0v) is 11.9. The first kappa shape index (κ1) is 14.9. The van der Waals surface area contributed by atoms with E-state index in [2.05, 4.69) is 5.32 Å². The van der Waals surface area contributed by atoms with Crippen molar-refractivity contribution >= 4 is 29.3 Å². The van der Waals surface area contributed by atoms with Crippen molar-refractivity contribution in [3.8, 4) is 0 Å². The highest BCUT2D eigenvalue weighted by Gasteiger charge is 2.13. The maximum Gasteiger partial charge on any atom is 0.337 e. The van der Waals surface area contributed by atoms with Crippen molar-refractivity contribution in [2.45, 2.75) is 6.54 Å². The second kappa shape index (κ2) is 6.32. The number of nitrogens with zero attached hydrogens (tertiary/aromatic N) is 1. The number of hydrogen-bond acceptors (Lipinski definition) is 3. The average Bonchev–Trinajstić information content (AvgIpc) is 2.91. The molecule has 0 saturated carbocycles. The van der Waals surface area contributed by atoms with E-state index in [4.69, 9.17) is 21.1 Å². The molecule has 2 amide bonds.